The Labute approximate surface area is 221 Å². The zero-order chi connectivity index (χ0) is 27.5. The Balaban J connectivity index is 1.55. The van der Waals surface area contributed by atoms with Crippen LogP contribution < -0.4 is 16.3 Å². The number of pyridine rings is 1. The molecule has 10 nitrogen and oxygen atoms in total. The molecule has 202 valence electrons. The Kier molecular flexibility index (Phi) is 7.71. The lowest BCUT2D eigenvalue weighted by Crippen LogP contribution is -2.51. The summed E-state index contributed by atoms with van der Waals surface area (Å²) in [5.41, 5.74) is 0.250. The van der Waals surface area contributed by atoms with Gasteiger partial charge in [-0.1, -0.05) is 18.9 Å². The molecule has 2 aromatic heterocycles. The predicted molar refractivity (Wildman–Crippen MR) is 145 cm³/mol. The molecular weight excluding hydrogens is 486 g/mol. The maximum atomic E-state index is 13.6. The first-order valence-corrected chi connectivity index (χ1v) is 12.8. The smallest absolute Gasteiger partial charge is 0.412 e. The number of aromatic nitrogens is 2. The quantitative estimate of drug-likeness (QED) is 0.460. The van der Waals surface area contributed by atoms with Crippen molar-refractivity contribution in [2.45, 2.75) is 70.9 Å². The topological polar surface area (TPSA) is 127 Å². The molecule has 38 heavy (non-hydrogen) atoms. The first-order chi connectivity index (χ1) is 18.0. The normalized spacial score (nSPS) is 14.8. The fourth-order valence-electron chi connectivity index (χ4n) is 4.81. The molecule has 0 aliphatic heterocycles. The van der Waals surface area contributed by atoms with Gasteiger partial charge in [-0.15, -0.1) is 0 Å². The summed E-state index contributed by atoms with van der Waals surface area (Å²) < 4.78 is 10.9. The van der Waals surface area contributed by atoms with Crippen molar-refractivity contribution in [2.75, 3.05) is 24.2 Å². The van der Waals surface area contributed by atoms with Crippen LogP contribution in [0.15, 0.2) is 45.9 Å². The second-order valence-corrected chi connectivity index (χ2v) is 10.8. The third-order valence-electron chi connectivity index (χ3n) is 6.71. The number of carbonyl (C=O) groups is 2. The molecule has 0 atom stereocenters. The number of hydrogen-bond donors (Lipinski definition) is 2. The molecular formula is C28H35N5O5. The summed E-state index contributed by atoms with van der Waals surface area (Å²) >= 11 is 0. The Bertz CT molecular complexity index is 1370. The van der Waals surface area contributed by atoms with Gasteiger partial charge in [-0.2, -0.15) is 4.98 Å². The highest BCUT2D eigenvalue weighted by atomic mass is 16.6. The molecule has 2 heterocycles. The number of anilines is 2. The fraction of sp³-hybridized carbons (Fsp3) is 0.464. The van der Waals surface area contributed by atoms with Crippen LogP contribution in [0.1, 0.15) is 57.6 Å². The van der Waals surface area contributed by atoms with Crippen LogP contribution in [0, 0.1) is 6.92 Å². The number of fused-ring (bicyclic) bond motifs is 1. The SMILES string of the molecule is Cc1c(NC(=O)OC(C)(C)C)ccc2nc(NC3(C(=O)N(C)CCc4cccnc4)CCCC3)oc(=O)c12. The van der Waals surface area contributed by atoms with E-state index in [1.54, 1.807) is 64.2 Å². The second kappa shape index (κ2) is 10.8. The van der Waals surface area contributed by atoms with Gasteiger partial charge in [0.2, 0.25) is 5.91 Å². The summed E-state index contributed by atoms with van der Waals surface area (Å²) in [5, 5.41) is 6.12. The number of ether oxygens (including phenoxy) is 1. The molecule has 1 aromatic carbocycles. The van der Waals surface area contributed by atoms with Gasteiger partial charge in [0.15, 0.2) is 0 Å². The molecule has 0 radical (unpaired) electrons. The van der Waals surface area contributed by atoms with Crippen LogP contribution >= 0.6 is 0 Å². The second-order valence-electron chi connectivity index (χ2n) is 10.8. The van der Waals surface area contributed by atoms with Crippen molar-refractivity contribution in [2.24, 2.45) is 0 Å². The Morgan fingerprint density at radius 3 is 2.58 bits per heavy atom. The molecule has 2 N–H and O–H groups in total. The van der Waals surface area contributed by atoms with Crippen LogP contribution in [-0.2, 0) is 16.0 Å². The Morgan fingerprint density at radius 2 is 1.92 bits per heavy atom. The van der Waals surface area contributed by atoms with E-state index in [1.807, 2.05) is 12.1 Å². The lowest BCUT2D eigenvalue weighted by atomic mass is 9.95. The average molecular weight is 522 g/mol. The maximum Gasteiger partial charge on any atom is 0.412 e. The number of amides is 2. The number of hydrogen-bond acceptors (Lipinski definition) is 8. The molecule has 0 spiro atoms. The van der Waals surface area contributed by atoms with E-state index in [2.05, 4.69) is 20.6 Å². The van der Waals surface area contributed by atoms with Crippen molar-refractivity contribution >= 4 is 34.6 Å². The Hall–Kier alpha value is -3.95. The fourth-order valence-corrected chi connectivity index (χ4v) is 4.81. The number of carbonyl (C=O) groups excluding carboxylic acids is 2. The highest BCUT2D eigenvalue weighted by molar-refractivity contribution is 5.93. The summed E-state index contributed by atoms with van der Waals surface area (Å²) in [6.45, 7) is 7.56. The van der Waals surface area contributed by atoms with Crippen LogP contribution in [-0.4, -0.2) is 51.6 Å². The van der Waals surface area contributed by atoms with Gasteiger partial charge in [-0.25, -0.2) is 9.59 Å². The number of benzene rings is 1. The molecule has 4 rings (SSSR count). The van der Waals surface area contributed by atoms with Gasteiger partial charge in [-0.3, -0.25) is 15.1 Å². The zero-order valence-electron chi connectivity index (χ0n) is 22.6. The number of nitrogens with zero attached hydrogens (tertiary/aromatic N) is 3. The zero-order valence-corrected chi connectivity index (χ0v) is 22.6. The minimum Gasteiger partial charge on any atom is -0.444 e. The van der Waals surface area contributed by atoms with Crippen LogP contribution in [0.4, 0.5) is 16.5 Å². The van der Waals surface area contributed by atoms with Gasteiger partial charge < -0.3 is 19.4 Å². The number of likely N-dealkylation sites (N-methyl/N-ethyl adjacent to an activating group) is 1. The maximum absolute atomic E-state index is 13.6. The van der Waals surface area contributed by atoms with Gasteiger partial charge in [0.1, 0.15) is 11.1 Å². The van der Waals surface area contributed by atoms with Crippen LogP contribution in [0.5, 0.6) is 0 Å². The summed E-state index contributed by atoms with van der Waals surface area (Å²) in [7, 11) is 1.78. The van der Waals surface area contributed by atoms with Crippen molar-refractivity contribution in [1.29, 1.82) is 0 Å². The first-order valence-electron chi connectivity index (χ1n) is 12.8. The van der Waals surface area contributed by atoms with Gasteiger partial charge in [0, 0.05) is 31.7 Å². The van der Waals surface area contributed by atoms with Crippen molar-refractivity contribution in [3.8, 4) is 0 Å². The van der Waals surface area contributed by atoms with E-state index in [1.165, 1.54) is 0 Å². The largest absolute Gasteiger partial charge is 0.444 e. The third kappa shape index (κ3) is 6.12. The summed E-state index contributed by atoms with van der Waals surface area (Å²) in [6, 6.07) is 7.17. The number of aryl methyl sites for hydroxylation is 1. The lowest BCUT2D eigenvalue weighted by Gasteiger charge is -2.33. The number of rotatable bonds is 7. The summed E-state index contributed by atoms with van der Waals surface area (Å²) in [6.07, 6.45) is 6.58. The van der Waals surface area contributed by atoms with Gasteiger partial charge in [0.25, 0.3) is 6.01 Å². The van der Waals surface area contributed by atoms with Crippen molar-refractivity contribution in [3.63, 3.8) is 0 Å². The minimum absolute atomic E-state index is 0.00524. The molecule has 1 aliphatic rings. The van der Waals surface area contributed by atoms with Crippen molar-refractivity contribution < 1.29 is 18.7 Å². The standard InChI is InChI=1S/C28H35N5O5/c1-18-20(31-26(36)38-27(2,3)4)10-11-21-22(18)23(34)37-25(30-21)32-28(13-6-7-14-28)24(35)33(5)16-12-19-9-8-15-29-17-19/h8-11,15,17H,6-7,12-14,16H2,1-5H3,(H,30,32)(H,31,36). The summed E-state index contributed by atoms with van der Waals surface area (Å²) in [4.78, 5) is 49.2. The molecule has 0 bridgehead atoms. The van der Waals surface area contributed by atoms with Crippen LogP contribution in [0.25, 0.3) is 10.9 Å². The van der Waals surface area contributed by atoms with E-state index >= 15 is 0 Å². The molecule has 1 fully saturated rings. The minimum atomic E-state index is -0.895. The molecule has 10 heteroatoms. The van der Waals surface area contributed by atoms with Gasteiger partial charge >= 0.3 is 11.7 Å². The van der Waals surface area contributed by atoms with Crippen molar-refractivity contribution in [3.05, 3.63) is 58.2 Å². The van der Waals surface area contributed by atoms with E-state index in [0.717, 1.165) is 18.4 Å². The lowest BCUT2D eigenvalue weighted by molar-refractivity contribution is -0.134. The van der Waals surface area contributed by atoms with E-state index in [9.17, 15) is 14.4 Å². The van der Waals surface area contributed by atoms with Crippen LogP contribution in [0.2, 0.25) is 0 Å². The molecule has 2 amide bonds. The molecule has 0 unspecified atom stereocenters. The monoisotopic (exact) mass is 521 g/mol. The first kappa shape index (κ1) is 27.1. The molecule has 0 saturated heterocycles. The average Bonchev–Trinajstić information content (AvgIpc) is 3.32. The summed E-state index contributed by atoms with van der Waals surface area (Å²) in [5.74, 6) is -0.0588. The molecule has 3 aromatic rings. The highest BCUT2D eigenvalue weighted by Crippen LogP contribution is 2.35. The van der Waals surface area contributed by atoms with E-state index in [-0.39, 0.29) is 17.3 Å². The molecule has 1 aliphatic carbocycles. The highest BCUT2D eigenvalue weighted by Gasteiger charge is 2.43. The van der Waals surface area contributed by atoms with E-state index in [0.29, 0.717) is 42.6 Å². The molecule has 1 saturated carbocycles. The van der Waals surface area contributed by atoms with Crippen LogP contribution in [0.3, 0.4) is 0 Å². The van der Waals surface area contributed by atoms with E-state index < -0.39 is 22.9 Å². The van der Waals surface area contributed by atoms with E-state index in [4.69, 9.17) is 9.15 Å². The third-order valence-corrected chi connectivity index (χ3v) is 6.71. The van der Waals surface area contributed by atoms with Gasteiger partial charge in [0.05, 0.1) is 10.9 Å². The predicted octanol–water partition coefficient (Wildman–Crippen LogP) is 4.66. The number of nitrogens with one attached hydrogen (secondary N) is 2. The van der Waals surface area contributed by atoms with Crippen molar-refractivity contribution in [1.82, 2.24) is 14.9 Å². The Morgan fingerprint density at radius 1 is 1.18 bits per heavy atom. The van der Waals surface area contributed by atoms with Gasteiger partial charge in [-0.05, 0) is 76.3 Å².